The summed E-state index contributed by atoms with van der Waals surface area (Å²) in [6.07, 6.45) is 1.78. The molecule has 1 heterocycles. The Labute approximate surface area is 156 Å². The Morgan fingerprint density at radius 1 is 1.00 bits per heavy atom. The summed E-state index contributed by atoms with van der Waals surface area (Å²) in [6, 6.07) is 15.8. The van der Waals surface area contributed by atoms with E-state index in [1.54, 1.807) is 6.20 Å². The highest BCUT2D eigenvalue weighted by Gasteiger charge is 2.00. The number of thiazole rings is 1. The van der Waals surface area contributed by atoms with E-state index < -0.39 is 0 Å². The summed E-state index contributed by atoms with van der Waals surface area (Å²) in [5, 5.41) is 11.9. The zero-order valence-electron chi connectivity index (χ0n) is 14.0. The molecule has 0 amide bonds. The van der Waals surface area contributed by atoms with E-state index in [1.165, 1.54) is 11.3 Å². The molecule has 0 fully saturated rings. The minimum Gasteiger partial charge on any atom is -0.380 e. The predicted octanol–water partition coefficient (Wildman–Crippen LogP) is 5.89. The van der Waals surface area contributed by atoms with Crippen molar-refractivity contribution in [2.75, 3.05) is 24.3 Å². The Balaban J connectivity index is 1.58. The molecule has 5 nitrogen and oxygen atoms in total. The third-order valence-electron chi connectivity index (χ3n) is 3.51. The maximum absolute atomic E-state index is 5.83. The van der Waals surface area contributed by atoms with E-state index in [-0.39, 0.29) is 0 Å². The number of anilines is 2. The third kappa shape index (κ3) is 5.01. The van der Waals surface area contributed by atoms with E-state index in [9.17, 15) is 0 Å². The lowest BCUT2D eigenvalue weighted by atomic mass is 10.3. The second-order valence-electron chi connectivity index (χ2n) is 5.59. The number of azo groups is 1. The fraction of sp³-hybridized carbons (Fsp3) is 0.167. The molecule has 0 bridgehead atoms. The Morgan fingerprint density at radius 2 is 1.60 bits per heavy atom. The standard InChI is InChI=1S/C18H18ClN5S/c1-24(2)16-9-7-15(8-10-16)23-22-14-5-3-13(4-6-14)20-11-17-12-21-18(19)25-17/h3-10,12,20H,11H2,1-2H3. The van der Waals surface area contributed by atoms with Crippen LogP contribution in [0.2, 0.25) is 4.47 Å². The summed E-state index contributed by atoms with van der Waals surface area (Å²) in [5.74, 6) is 0. The zero-order valence-corrected chi connectivity index (χ0v) is 15.6. The van der Waals surface area contributed by atoms with Crippen molar-refractivity contribution in [2.45, 2.75) is 6.54 Å². The lowest BCUT2D eigenvalue weighted by Crippen LogP contribution is -2.07. The van der Waals surface area contributed by atoms with Crippen LogP contribution in [-0.2, 0) is 6.54 Å². The first-order valence-electron chi connectivity index (χ1n) is 7.73. The number of hydrogen-bond donors (Lipinski definition) is 1. The van der Waals surface area contributed by atoms with Crippen LogP contribution in [0, 0.1) is 0 Å². The van der Waals surface area contributed by atoms with Gasteiger partial charge in [-0.3, -0.25) is 0 Å². The fourth-order valence-electron chi connectivity index (χ4n) is 2.13. The molecular formula is C18H18ClN5S. The van der Waals surface area contributed by atoms with Crippen LogP contribution in [0.25, 0.3) is 0 Å². The van der Waals surface area contributed by atoms with Crippen LogP contribution < -0.4 is 10.2 Å². The van der Waals surface area contributed by atoms with Crippen LogP contribution in [0.4, 0.5) is 22.7 Å². The molecule has 3 rings (SSSR count). The first kappa shape index (κ1) is 17.4. The van der Waals surface area contributed by atoms with Gasteiger partial charge in [-0.2, -0.15) is 10.2 Å². The lowest BCUT2D eigenvalue weighted by Gasteiger charge is -2.11. The smallest absolute Gasteiger partial charge is 0.183 e. The Morgan fingerprint density at radius 3 is 2.12 bits per heavy atom. The first-order chi connectivity index (χ1) is 12.1. The number of nitrogens with zero attached hydrogens (tertiary/aromatic N) is 4. The van der Waals surface area contributed by atoms with Gasteiger partial charge in [-0.15, -0.1) is 11.3 Å². The normalized spacial score (nSPS) is 11.0. The second-order valence-corrected chi connectivity index (χ2v) is 7.29. The SMILES string of the molecule is CN(C)c1ccc(N=Nc2ccc(NCc3cnc(Cl)s3)cc2)cc1. The van der Waals surface area contributed by atoms with Crippen molar-refractivity contribution in [3.05, 3.63) is 64.1 Å². The van der Waals surface area contributed by atoms with Gasteiger partial charge in [0, 0.05) is 36.5 Å². The highest BCUT2D eigenvalue weighted by atomic mass is 35.5. The summed E-state index contributed by atoms with van der Waals surface area (Å²) >= 11 is 7.30. The van der Waals surface area contributed by atoms with Crippen molar-refractivity contribution in [1.29, 1.82) is 0 Å². The molecule has 0 aliphatic rings. The molecule has 3 aromatic rings. The zero-order chi connectivity index (χ0) is 17.6. The highest BCUT2D eigenvalue weighted by molar-refractivity contribution is 7.15. The maximum Gasteiger partial charge on any atom is 0.183 e. The maximum atomic E-state index is 5.83. The molecule has 2 aromatic carbocycles. The number of nitrogens with one attached hydrogen (secondary N) is 1. The van der Waals surface area contributed by atoms with Crippen LogP contribution in [-0.4, -0.2) is 19.1 Å². The number of halogens is 1. The van der Waals surface area contributed by atoms with Crippen molar-refractivity contribution in [3.8, 4) is 0 Å². The minimum absolute atomic E-state index is 0.561. The van der Waals surface area contributed by atoms with Gasteiger partial charge in [-0.25, -0.2) is 4.98 Å². The number of rotatable bonds is 6. The topological polar surface area (TPSA) is 52.9 Å². The van der Waals surface area contributed by atoms with Gasteiger partial charge >= 0.3 is 0 Å². The summed E-state index contributed by atoms with van der Waals surface area (Å²) in [4.78, 5) is 7.17. The molecule has 1 aromatic heterocycles. The van der Waals surface area contributed by atoms with E-state index >= 15 is 0 Å². The van der Waals surface area contributed by atoms with Crippen molar-refractivity contribution in [2.24, 2.45) is 10.2 Å². The van der Waals surface area contributed by atoms with Gasteiger partial charge in [-0.1, -0.05) is 11.6 Å². The summed E-state index contributed by atoms with van der Waals surface area (Å²) in [6.45, 7) is 0.698. The number of hydrogen-bond acceptors (Lipinski definition) is 6. The first-order valence-corrected chi connectivity index (χ1v) is 8.93. The molecule has 0 atom stereocenters. The monoisotopic (exact) mass is 371 g/mol. The molecule has 0 saturated heterocycles. The van der Waals surface area contributed by atoms with Crippen LogP contribution in [0.3, 0.4) is 0 Å². The molecule has 1 N–H and O–H groups in total. The number of benzene rings is 2. The van der Waals surface area contributed by atoms with Crippen LogP contribution in [0.15, 0.2) is 65.0 Å². The molecule has 7 heteroatoms. The molecule has 128 valence electrons. The van der Waals surface area contributed by atoms with E-state index in [4.69, 9.17) is 11.6 Å². The second kappa shape index (κ2) is 8.09. The van der Waals surface area contributed by atoms with Gasteiger partial charge in [0.15, 0.2) is 4.47 Å². The van der Waals surface area contributed by atoms with Crippen LogP contribution in [0.1, 0.15) is 4.88 Å². The Bertz CT molecular complexity index is 841. The molecule has 25 heavy (non-hydrogen) atoms. The van der Waals surface area contributed by atoms with E-state index in [2.05, 4.69) is 20.5 Å². The summed E-state index contributed by atoms with van der Waals surface area (Å²) in [7, 11) is 4.02. The van der Waals surface area contributed by atoms with Crippen molar-refractivity contribution >= 4 is 45.7 Å². The average Bonchev–Trinajstić information content (AvgIpc) is 3.05. The lowest BCUT2D eigenvalue weighted by molar-refractivity contribution is 1.13. The van der Waals surface area contributed by atoms with Gasteiger partial charge in [0.1, 0.15) is 0 Å². The quantitative estimate of drug-likeness (QED) is 0.549. The van der Waals surface area contributed by atoms with Crippen molar-refractivity contribution in [1.82, 2.24) is 4.98 Å². The van der Waals surface area contributed by atoms with Gasteiger partial charge < -0.3 is 10.2 Å². The summed E-state index contributed by atoms with van der Waals surface area (Å²) in [5.41, 5.74) is 3.79. The molecular weight excluding hydrogens is 354 g/mol. The molecule has 0 aliphatic carbocycles. The van der Waals surface area contributed by atoms with Crippen molar-refractivity contribution < 1.29 is 0 Å². The molecule has 0 radical (unpaired) electrons. The van der Waals surface area contributed by atoms with E-state index in [0.717, 1.165) is 27.6 Å². The van der Waals surface area contributed by atoms with Crippen LogP contribution >= 0.6 is 22.9 Å². The Kier molecular flexibility index (Phi) is 5.63. The molecule has 0 saturated carbocycles. The van der Waals surface area contributed by atoms with E-state index in [1.807, 2.05) is 67.5 Å². The van der Waals surface area contributed by atoms with Gasteiger partial charge in [0.25, 0.3) is 0 Å². The van der Waals surface area contributed by atoms with Crippen molar-refractivity contribution in [3.63, 3.8) is 0 Å². The van der Waals surface area contributed by atoms with Gasteiger partial charge in [-0.05, 0) is 48.5 Å². The Hall–Kier alpha value is -2.44. The summed E-state index contributed by atoms with van der Waals surface area (Å²) < 4.78 is 0.561. The molecule has 0 unspecified atom stereocenters. The predicted molar refractivity (Wildman–Crippen MR) is 106 cm³/mol. The minimum atomic E-state index is 0.561. The van der Waals surface area contributed by atoms with Gasteiger partial charge in [0.2, 0.25) is 0 Å². The highest BCUT2D eigenvalue weighted by Crippen LogP contribution is 2.23. The van der Waals surface area contributed by atoms with Gasteiger partial charge in [0.05, 0.1) is 17.9 Å². The third-order valence-corrected chi connectivity index (χ3v) is 4.62. The average molecular weight is 372 g/mol. The molecule has 0 spiro atoms. The van der Waals surface area contributed by atoms with E-state index in [0.29, 0.717) is 11.0 Å². The largest absolute Gasteiger partial charge is 0.380 e. The van der Waals surface area contributed by atoms with Crippen LogP contribution in [0.5, 0.6) is 0 Å². The fourth-order valence-corrected chi connectivity index (χ4v) is 3.05. The molecule has 0 aliphatic heterocycles. The number of aromatic nitrogens is 1.